The van der Waals surface area contributed by atoms with Crippen LogP contribution in [-0.2, 0) is 17.6 Å². The predicted molar refractivity (Wildman–Crippen MR) is 108 cm³/mol. The van der Waals surface area contributed by atoms with Gasteiger partial charge in [0.25, 0.3) is 0 Å². The maximum atomic E-state index is 12.8. The van der Waals surface area contributed by atoms with E-state index in [1.165, 1.54) is 0 Å². The highest BCUT2D eigenvalue weighted by Gasteiger charge is 2.22. The predicted octanol–water partition coefficient (Wildman–Crippen LogP) is 2.03. The molecule has 0 spiro atoms. The average Bonchev–Trinajstić information content (AvgIpc) is 2.89. The summed E-state index contributed by atoms with van der Waals surface area (Å²) in [5.41, 5.74) is 2.00. The molecule has 1 amide bonds. The van der Waals surface area contributed by atoms with Crippen LogP contribution in [0.25, 0.3) is 0 Å². The van der Waals surface area contributed by atoms with Gasteiger partial charge in [-0.1, -0.05) is 23.7 Å². The van der Waals surface area contributed by atoms with Gasteiger partial charge in [-0.25, -0.2) is 9.97 Å². The fraction of sp³-hybridized carbons (Fsp3) is 0.450. The van der Waals surface area contributed by atoms with E-state index < -0.39 is 0 Å². The average molecular weight is 388 g/mol. The van der Waals surface area contributed by atoms with Crippen molar-refractivity contribution in [1.82, 2.24) is 20.2 Å². The van der Waals surface area contributed by atoms with Crippen molar-refractivity contribution in [3.05, 3.63) is 52.9 Å². The Hall–Kier alpha value is -2.18. The number of nitrogens with one attached hydrogen (secondary N) is 1. The zero-order valence-electron chi connectivity index (χ0n) is 15.9. The van der Waals surface area contributed by atoms with E-state index in [2.05, 4.69) is 15.3 Å². The monoisotopic (exact) mass is 387 g/mol. The molecule has 144 valence electrons. The Kier molecular flexibility index (Phi) is 6.63. The van der Waals surface area contributed by atoms with Gasteiger partial charge >= 0.3 is 0 Å². The molecule has 1 atom stereocenters. The second kappa shape index (κ2) is 9.15. The lowest BCUT2D eigenvalue weighted by atomic mass is 10.0. The Bertz CT molecular complexity index is 765. The van der Waals surface area contributed by atoms with E-state index in [1.807, 2.05) is 54.2 Å². The fourth-order valence-electron chi connectivity index (χ4n) is 3.28. The molecule has 0 radical (unpaired) electrons. The first-order chi connectivity index (χ1) is 13.0. The second-order valence-corrected chi connectivity index (χ2v) is 7.62. The molecule has 1 aliphatic rings. The lowest BCUT2D eigenvalue weighted by molar-refractivity contribution is -0.130. The highest BCUT2D eigenvalue weighted by molar-refractivity contribution is 6.30. The van der Waals surface area contributed by atoms with Crippen molar-refractivity contribution < 1.29 is 4.79 Å². The summed E-state index contributed by atoms with van der Waals surface area (Å²) in [5.74, 6) is 1.38. The van der Waals surface area contributed by atoms with Gasteiger partial charge in [-0.3, -0.25) is 4.79 Å². The van der Waals surface area contributed by atoms with E-state index in [-0.39, 0.29) is 5.91 Å². The highest BCUT2D eigenvalue weighted by atomic mass is 35.5. The quantitative estimate of drug-likeness (QED) is 0.850. The molecule has 1 aromatic carbocycles. The minimum Gasteiger partial charge on any atom is -0.363 e. The molecule has 0 aliphatic carbocycles. The number of nitrogens with zero attached hydrogens (tertiary/aromatic N) is 4. The molecule has 2 aromatic rings. The van der Waals surface area contributed by atoms with E-state index in [4.69, 9.17) is 11.6 Å². The maximum absolute atomic E-state index is 12.8. The lowest BCUT2D eigenvalue weighted by Crippen LogP contribution is -2.37. The van der Waals surface area contributed by atoms with Crippen LogP contribution in [0.2, 0.25) is 5.02 Å². The molecular formula is C20H26ClN5O. The molecule has 1 saturated heterocycles. The number of benzene rings is 1. The molecule has 1 aromatic heterocycles. The molecule has 3 rings (SSSR count). The molecule has 0 bridgehead atoms. The van der Waals surface area contributed by atoms with Crippen molar-refractivity contribution in [3.63, 3.8) is 0 Å². The normalized spacial score (nSPS) is 17.4. The van der Waals surface area contributed by atoms with E-state index in [0.717, 1.165) is 49.7 Å². The van der Waals surface area contributed by atoms with Crippen molar-refractivity contribution in [2.75, 3.05) is 45.2 Å². The minimum atomic E-state index is 0.155. The molecule has 1 aliphatic heterocycles. The molecular weight excluding hydrogens is 362 g/mol. The van der Waals surface area contributed by atoms with Crippen molar-refractivity contribution in [1.29, 1.82) is 0 Å². The summed E-state index contributed by atoms with van der Waals surface area (Å²) in [6.45, 7) is 3.16. The number of halogens is 1. The number of amides is 1. The van der Waals surface area contributed by atoms with Crippen LogP contribution in [0.1, 0.15) is 11.3 Å². The van der Waals surface area contributed by atoms with Crippen LogP contribution in [0.15, 0.2) is 36.7 Å². The van der Waals surface area contributed by atoms with Crippen LogP contribution < -0.4 is 10.2 Å². The molecule has 1 N–H and O–H groups in total. The van der Waals surface area contributed by atoms with Crippen LogP contribution in [0.3, 0.4) is 0 Å². The van der Waals surface area contributed by atoms with E-state index in [9.17, 15) is 4.79 Å². The van der Waals surface area contributed by atoms with Crippen molar-refractivity contribution in [2.45, 2.75) is 12.8 Å². The third kappa shape index (κ3) is 5.65. The summed E-state index contributed by atoms with van der Waals surface area (Å²) in [6, 6.07) is 9.50. The Morgan fingerprint density at radius 3 is 2.81 bits per heavy atom. The van der Waals surface area contributed by atoms with Crippen LogP contribution in [0, 0.1) is 5.92 Å². The van der Waals surface area contributed by atoms with Crippen molar-refractivity contribution in [2.24, 2.45) is 5.92 Å². The Balaban J connectivity index is 1.63. The van der Waals surface area contributed by atoms with Gasteiger partial charge in [0.2, 0.25) is 5.91 Å². The standard InChI is InChI=1S/C20H26ClN5O/c1-25(2)19-11-18(23-14-24-19)9-16-12-22-7-8-26(13-16)20(27)10-15-3-5-17(21)6-4-15/h3-6,11,14,16,22H,7-10,12-13H2,1-2H3. The minimum absolute atomic E-state index is 0.155. The van der Waals surface area contributed by atoms with E-state index in [1.54, 1.807) is 6.33 Å². The molecule has 6 nitrogen and oxygen atoms in total. The van der Waals surface area contributed by atoms with Gasteiger partial charge in [0.1, 0.15) is 12.1 Å². The molecule has 1 fully saturated rings. The van der Waals surface area contributed by atoms with Gasteiger partial charge in [0, 0.05) is 57.1 Å². The third-order valence-corrected chi connectivity index (χ3v) is 5.01. The van der Waals surface area contributed by atoms with Gasteiger partial charge in [0.05, 0.1) is 6.42 Å². The molecule has 0 saturated carbocycles. The number of hydrogen-bond donors (Lipinski definition) is 1. The molecule has 2 heterocycles. The topological polar surface area (TPSA) is 61.4 Å². The van der Waals surface area contributed by atoms with Crippen LogP contribution in [0.4, 0.5) is 5.82 Å². The van der Waals surface area contributed by atoms with Crippen LogP contribution in [0.5, 0.6) is 0 Å². The largest absolute Gasteiger partial charge is 0.363 e. The summed E-state index contributed by atoms with van der Waals surface area (Å²) in [5, 5.41) is 4.13. The summed E-state index contributed by atoms with van der Waals surface area (Å²) in [4.78, 5) is 25.4. The number of rotatable bonds is 5. The second-order valence-electron chi connectivity index (χ2n) is 7.18. The number of anilines is 1. The van der Waals surface area contributed by atoms with E-state index >= 15 is 0 Å². The Labute approximate surface area is 165 Å². The fourth-order valence-corrected chi connectivity index (χ4v) is 3.40. The van der Waals surface area contributed by atoms with Gasteiger partial charge in [-0.15, -0.1) is 0 Å². The highest BCUT2D eigenvalue weighted by Crippen LogP contribution is 2.15. The summed E-state index contributed by atoms with van der Waals surface area (Å²) < 4.78 is 0. The lowest BCUT2D eigenvalue weighted by Gasteiger charge is -2.24. The molecule has 1 unspecified atom stereocenters. The SMILES string of the molecule is CN(C)c1cc(CC2CNCCN(C(=O)Cc3ccc(Cl)cc3)C2)ncn1. The number of carbonyl (C=O) groups excluding carboxylic acids is 1. The smallest absolute Gasteiger partial charge is 0.227 e. The summed E-state index contributed by atoms with van der Waals surface area (Å²) in [7, 11) is 3.94. The zero-order valence-corrected chi connectivity index (χ0v) is 16.6. The van der Waals surface area contributed by atoms with Crippen molar-refractivity contribution in [3.8, 4) is 0 Å². The molecule has 27 heavy (non-hydrogen) atoms. The molecule has 7 heteroatoms. The first-order valence-corrected chi connectivity index (χ1v) is 9.60. The first-order valence-electron chi connectivity index (χ1n) is 9.22. The zero-order chi connectivity index (χ0) is 19.2. The Morgan fingerprint density at radius 1 is 1.30 bits per heavy atom. The van der Waals surface area contributed by atoms with Crippen molar-refractivity contribution >= 4 is 23.3 Å². The van der Waals surface area contributed by atoms with Crippen LogP contribution >= 0.6 is 11.6 Å². The number of hydrogen-bond acceptors (Lipinski definition) is 5. The number of carbonyl (C=O) groups is 1. The number of aromatic nitrogens is 2. The third-order valence-electron chi connectivity index (χ3n) is 4.76. The van der Waals surface area contributed by atoms with Gasteiger partial charge in [-0.2, -0.15) is 0 Å². The van der Waals surface area contributed by atoms with Gasteiger partial charge in [0.15, 0.2) is 0 Å². The summed E-state index contributed by atoms with van der Waals surface area (Å²) >= 11 is 5.93. The first kappa shape index (κ1) is 19.6. The van der Waals surface area contributed by atoms with Gasteiger partial charge < -0.3 is 15.1 Å². The van der Waals surface area contributed by atoms with E-state index in [0.29, 0.717) is 17.4 Å². The Morgan fingerprint density at radius 2 is 2.07 bits per heavy atom. The van der Waals surface area contributed by atoms with Crippen LogP contribution in [-0.4, -0.2) is 61.0 Å². The summed E-state index contributed by atoms with van der Waals surface area (Å²) in [6.07, 6.45) is 2.83. The van der Waals surface area contributed by atoms with Gasteiger partial charge in [-0.05, 0) is 30.0 Å². The maximum Gasteiger partial charge on any atom is 0.227 e.